The average molecular weight is 354 g/mol. The first-order chi connectivity index (χ1) is 12.5. The van der Waals surface area contributed by atoms with Crippen molar-refractivity contribution in [1.82, 2.24) is 10.9 Å². The highest BCUT2D eigenvalue weighted by molar-refractivity contribution is 5.96. The first-order valence-corrected chi connectivity index (χ1v) is 8.47. The fourth-order valence-electron chi connectivity index (χ4n) is 2.22. The first kappa shape index (κ1) is 19.2. The van der Waals surface area contributed by atoms with Crippen LogP contribution in [0.15, 0.2) is 48.5 Å². The average Bonchev–Trinajstić information content (AvgIpc) is 2.70. The number of ketones is 1. The molecule has 0 bridgehead atoms. The van der Waals surface area contributed by atoms with Gasteiger partial charge in [-0.05, 0) is 48.4 Å². The van der Waals surface area contributed by atoms with Gasteiger partial charge in [0.1, 0.15) is 5.75 Å². The monoisotopic (exact) mass is 354 g/mol. The van der Waals surface area contributed by atoms with Crippen LogP contribution in [-0.2, 0) is 11.2 Å². The van der Waals surface area contributed by atoms with Crippen LogP contribution in [0.2, 0.25) is 0 Å². The van der Waals surface area contributed by atoms with E-state index in [0.29, 0.717) is 23.3 Å². The van der Waals surface area contributed by atoms with E-state index < -0.39 is 11.8 Å². The van der Waals surface area contributed by atoms with E-state index in [1.54, 1.807) is 43.3 Å². The molecule has 0 aliphatic rings. The largest absolute Gasteiger partial charge is 0.484 e. The lowest BCUT2D eigenvalue weighted by molar-refractivity contribution is -0.123. The highest BCUT2D eigenvalue weighted by Crippen LogP contribution is 2.13. The minimum Gasteiger partial charge on any atom is -0.484 e. The summed E-state index contributed by atoms with van der Waals surface area (Å²) in [4.78, 5) is 35.3. The molecule has 2 amide bonds. The van der Waals surface area contributed by atoms with Crippen molar-refractivity contribution in [2.75, 3.05) is 6.61 Å². The number of hydrogen-bond acceptors (Lipinski definition) is 4. The van der Waals surface area contributed by atoms with Crippen LogP contribution in [0.5, 0.6) is 5.75 Å². The summed E-state index contributed by atoms with van der Waals surface area (Å²) >= 11 is 0. The third kappa shape index (κ3) is 5.44. The van der Waals surface area contributed by atoms with Crippen LogP contribution >= 0.6 is 0 Å². The third-order valence-corrected chi connectivity index (χ3v) is 3.81. The number of aryl methyl sites for hydroxylation is 1. The smallest absolute Gasteiger partial charge is 0.276 e. The zero-order valence-electron chi connectivity index (χ0n) is 14.9. The highest BCUT2D eigenvalue weighted by Gasteiger charge is 2.08. The number of Topliss-reactive ketones (excluding diaryl/α,β-unsaturated/α-hetero) is 1. The lowest BCUT2D eigenvalue weighted by Crippen LogP contribution is -2.43. The molecule has 0 fully saturated rings. The van der Waals surface area contributed by atoms with Crippen LogP contribution in [0.1, 0.15) is 46.5 Å². The van der Waals surface area contributed by atoms with Crippen molar-refractivity contribution < 1.29 is 19.1 Å². The minimum absolute atomic E-state index is 0.0453. The summed E-state index contributed by atoms with van der Waals surface area (Å²) in [6, 6.07) is 13.7. The van der Waals surface area contributed by atoms with E-state index in [2.05, 4.69) is 10.9 Å². The minimum atomic E-state index is -0.489. The molecule has 0 saturated carbocycles. The number of nitrogens with one attached hydrogen (secondary N) is 2. The van der Waals surface area contributed by atoms with Gasteiger partial charge in [0.05, 0.1) is 0 Å². The van der Waals surface area contributed by atoms with E-state index in [1.807, 2.05) is 19.1 Å². The molecule has 136 valence electrons. The van der Waals surface area contributed by atoms with Crippen LogP contribution in [0, 0.1) is 0 Å². The Bertz CT molecular complexity index is 767. The van der Waals surface area contributed by atoms with Gasteiger partial charge in [0.25, 0.3) is 11.8 Å². The lowest BCUT2D eigenvalue weighted by atomic mass is 10.1. The van der Waals surface area contributed by atoms with Gasteiger partial charge in [-0.15, -0.1) is 0 Å². The first-order valence-electron chi connectivity index (χ1n) is 8.47. The maximum Gasteiger partial charge on any atom is 0.276 e. The molecule has 26 heavy (non-hydrogen) atoms. The molecule has 0 spiro atoms. The van der Waals surface area contributed by atoms with E-state index in [9.17, 15) is 14.4 Å². The Morgan fingerprint density at radius 2 is 1.46 bits per heavy atom. The van der Waals surface area contributed by atoms with Gasteiger partial charge in [-0.3, -0.25) is 25.2 Å². The Hall–Kier alpha value is -3.15. The Morgan fingerprint density at radius 1 is 0.846 bits per heavy atom. The normalized spacial score (nSPS) is 10.1. The maximum absolute atomic E-state index is 12.0. The van der Waals surface area contributed by atoms with Gasteiger partial charge in [0, 0.05) is 17.5 Å². The van der Waals surface area contributed by atoms with Crippen molar-refractivity contribution in [2.24, 2.45) is 0 Å². The topological polar surface area (TPSA) is 84.5 Å². The van der Waals surface area contributed by atoms with Crippen LogP contribution < -0.4 is 15.6 Å². The molecule has 6 heteroatoms. The van der Waals surface area contributed by atoms with Gasteiger partial charge in [0.15, 0.2) is 12.4 Å². The number of carbonyl (C=O) groups excluding carboxylic acids is 3. The van der Waals surface area contributed by atoms with Crippen LogP contribution in [0.25, 0.3) is 0 Å². The Kier molecular flexibility index (Phi) is 6.91. The predicted molar refractivity (Wildman–Crippen MR) is 98.0 cm³/mol. The summed E-state index contributed by atoms with van der Waals surface area (Å²) in [5.41, 5.74) is 6.83. The second kappa shape index (κ2) is 9.36. The molecule has 0 saturated heterocycles. The van der Waals surface area contributed by atoms with Crippen LogP contribution in [0.4, 0.5) is 0 Å². The summed E-state index contributed by atoms with van der Waals surface area (Å²) in [5, 5.41) is 0. The van der Waals surface area contributed by atoms with Gasteiger partial charge in [-0.2, -0.15) is 0 Å². The molecule has 2 aromatic carbocycles. The zero-order chi connectivity index (χ0) is 18.9. The molecule has 6 nitrogen and oxygen atoms in total. The van der Waals surface area contributed by atoms with E-state index in [1.165, 1.54) is 0 Å². The van der Waals surface area contributed by atoms with E-state index in [0.717, 1.165) is 12.0 Å². The van der Waals surface area contributed by atoms with Crippen molar-refractivity contribution in [2.45, 2.75) is 26.7 Å². The fourth-order valence-corrected chi connectivity index (χ4v) is 2.22. The van der Waals surface area contributed by atoms with Gasteiger partial charge < -0.3 is 4.74 Å². The third-order valence-electron chi connectivity index (χ3n) is 3.81. The number of rotatable bonds is 7. The number of carbonyl (C=O) groups is 3. The Balaban J connectivity index is 1.77. The summed E-state index contributed by atoms with van der Waals surface area (Å²) < 4.78 is 5.33. The Labute approximate surface area is 152 Å². The number of benzene rings is 2. The SMILES string of the molecule is CCC(=O)c1ccc(OCC(=O)NNC(=O)c2ccc(CC)cc2)cc1. The lowest BCUT2D eigenvalue weighted by Gasteiger charge is -2.09. The van der Waals surface area contributed by atoms with Gasteiger partial charge in [-0.25, -0.2) is 0 Å². The molecule has 2 rings (SSSR count). The number of ether oxygens (including phenoxy) is 1. The number of hydrazine groups is 1. The summed E-state index contributed by atoms with van der Waals surface area (Å²) in [6.45, 7) is 3.57. The summed E-state index contributed by atoms with van der Waals surface area (Å²) in [5.74, 6) is -0.376. The molecule has 0 atom stereocenters. The molecule has 0 radical (unpaired) electrons. The molecule has 0 heterocycles. The molecule has 0 aliphatic heterocycles. The van der Waals surface area contributed by atoms with E-state index >= 15 is 0 Å². The molecular formula is C20H22N2O4. The van der Waals surface area contributed by atoms with Gasteiger partial charge in [0.2, 0.25) is 0 Å². The van der Waals surface area contributed by atoms with Crippen LogP contribution in [-0.4, -0.2) is 24.2 Å². The van der Waals surface area contributed by atoms with Gasteiger partial charge >= 0.3 is 0 Å². The quantitative estimate of drug-likeness (QED) is 0.591. The van der Waals surface area contributed by atoms with E-state index in [4.69, 9.17) is 4.74 Å². The van der Waals surface area contributed by atoms with Crippen molar-refractivity contribution >= 4 is 17.6 Å². The van der Waals surface area contributed by atoms with Crippen LogP contribution in [0.3, 0.4) is 0 Å². The predicted octanol–water partition coefficient (Wildman–Crippen LogP) is 2.68. The molecule has 2 N–H and O–H groups in total. The molecule has 0 aromatic heterocycles. The van der Waals surface area contributed by atoms with Crippen molar-refractivity contribution in [3.8, 4) is 5.75 Å². The summed E-state index contributed by atoms with van der Waals surface area (Å²) in [7, 11) is 0. The second-order valence-electron chi connectivity index (χ2n) is 5.64. The molecule has 0 aliphatic carbocycles. The summed E-state index contributed by atoms with van der Waals surface area (Å²) in [6.07, 6.45) is 1.33. The molecule has 2 aromatic rings. The zero-order valence-corrected chi connectivity index (χ0v) is 14.9. The maximum atomic E-state index is 12.0. The van der Waals surface area contributed by atoms with Crippen molar-refractivity contribution in [1.29, 1.82) is 0 Å². The van der Waals surface area contributed by atoms with Gasteiger partial charge in [-0.1, -0.05) is 26.0 Å². The number of hydrogen-bond donors (Lipinski definition) is 2. The second-order valence-corrected chi connectivity index (χ2v) is 5.64. The standard InChI is InChI=1S/C20H22N2O4/c1-3-14-5-7-16(8-6-14)20(25)22-21-19(24)13-26-17-11-9-15(10-12-17)18(23)4-2/h5-12H,3-4,13H2,1-2H3,(H,21,24)(H,22,25). The molecular weight excluding hydrogens is 332 g/mol. The van der Waals surface area contributed by atoms with Crippen molar-refractivity contribution in [3.63, 3.8) is 0 Å². The number of amides is 2. The fraction of sp³-hybridized carbons (Fsp3) is 0.250. The molecule has 0 unspecified atom stereocenters. The van der Waals surface area contributed by atoms with E-state index in [-0.39, 0.29) is 12.4 Å². The highest BCUT2D eigenvalue weighted by atomic mass is 16.5. The van der Waals surface area contributed by atoms with Crippen molar-refractivity contribution in [3.05, 3.63) is 65.2 Å². The Morgan fingerprint density at radius 3 is 2.04 bits per heavy atom.